The van der Waals surface area contributed by atoms with Gasteiger partial charge < -0.3 is 5.32 Å². The van der Waals surface area contributed by atoms with Crippen molar-refractivity contribution in [2.75, 3.05) is 13.1 Å². The minimum Gasteiger partial charge on any atom is -0.349 e. The zero-order chi connectivity index (χ0) is 18.9. The number of amides is 1. The Kier molecular flexibility index (Phi) is 5.55. The summed E-state index contributed by atoms with van der Waals surface area (Å²) in [4.78, 5) is 13.0. The van der Waals surface area contributed by atoms with Gasteiger partial charge in [0.2, 0.25) is 10.0 Å². The molecule has 4 rings (SSSR count). The van der Waals surface area contributed by atoms with Crippen LogP contribution in [0.2, 0.25) is 0 Å². The predicted octanol–water partition coefficient (Wildman–Crippen LogP) is 3.56. The number of sulfonamides is 1. The van der Waals surface area contributed by atoms with Crippen LogP contribution in [0, 0.1) is 11.8 Å². The van der Waals surface area contributed by atoms with E-state index in [0.717, 1.165) is 37.5 Å². The van der Waals surface area contributed by atoms with Crippen LogP contribution in [-0.2, 0) is 10.0 Å². The highest BCUT2D eigenvalue weighted by Gasteiger charge is 2.33. The molecule has 0 spiro atoms. The number of hydrogen-bond donors (Lipinski definition) is 1. The first-order chi connectivity index (χ1) is 13.0. The third-order valence-electron chi connectivity index (χ3n) is 6.67. The van der Waals surface area contributed by atoms with Crippen molar-refractivity contribution in [2.45, 2.75) is 68.7 Å². The van der Waals surface area contributed by atoms with E-state index >= 15 is 0 Å². The van der Waals surface area contributed by atoms with Gasteiger partial charge in [-0.25, -0.2) is 8.42 Å². The van der Waals surface area contributed by atoms with Crippen molar-refractivity contribution in [3.63, 3.8) is 0 Å². The largest absolute Gasteiger partial charge is 0.349 e. The van der Waals surface area contributed by atoms with E-state index in [-0.39, 0.29) is 16.8 Å². The highest BCUT2D eigenvalue weighted by molar-refractivity contribution is 7.89. The number of nitrogens with zero attached hydrogens (tertiary/aromatic N) is 1. The zero-order valence-corrected chi connectivity index (χ0v) is 16.7. The Morgan fingerprint density at radius 3 is 2.48 bits per heavy atom. The maximum atomic E-state index is 12.8. The fourth-order valence-electron chi connectivity index (χ4n) is 5.15. The number of carbonyl (C=O) groups is 1. The van der Waals surface area contributed by atoms with E-state index in [4.69, 9.17) is 0 Å². The molecule has 0 unspecified atom stereocenters. The van der Waals surface area contributed by atoms with Crippen molar-refractivity contribution in [2.24, 2.45) is 11.8 Å². The van der Waals surface area contributed by atoms with Crippen LogP contribution < -0.4 is 5.32 Å². The third-order valence-corrected chi connectivity index (χ3v) is 8.57. The normalized spacial score (nSPS) is 29.3. The minimum atomic E-state index is -3.49. The first-order valence-electron chi connectivity index (χ1n) is 10.4. The molecule has 148 valence electrons. The molecule has 3 aliphatic rings. The quantitative estimate of drug-likeness (QED) is 0.855. The molecule has 1 heterocycles. The number of hydrogen-bond acceptors (Lipinski definition) is 3. The molecule has 5 nitrogen and oxygen atoms in total. The molecule has 1 saturated heterocycles. The molecule has 1 amide bonds. The Morgan fingerprint density at radius 2 is 1.70 bits per heavy atom. The molecule has 3 fully saturated rings. The van der Waals surface area contributed by atoms with Gasteiger partial charge in [-0.1, -0.05) is 31.7 Å². The lowest BCUT2D eigenvalue weighted by molar-refractivity contribution is 0.0879. The summed E-state index contributed by atoms with van der Waals surface area (Å²) < 4.78 is 27.0. The maximum Gasteiger partial charge on any atom is 0.251 e. The van der Waals surface area contributed by atoms with Crippen LogP contribution in [0.25, 0.3) is 0 Å². The Morgan fingerprint density at radius 1 is 0.963 bits per heavy atom. The van der Waals surface area contributed by atoms with Gasteiger partial charge in [0.1, 0.15) is 0 Å². The van der Waals surface area contributed by atoms with Crippen LogP contribution in [0.5, 0.6) is 0 Å². The summed E-state index contributed by atoms with van der Waals surface area (Å²) in [6.45, 7) is 1.15. The molecule has 27 heavy (non-hydrogen) atoms. The van der Waals surface area contributed by atoms with E-state index in [1.807, 2.05) is 0 Å². The second-order valence-electron chi connectivity index (χ2n) is 8.43. The highest BCUT2D eigenvalue weighted by Crippen LogP contribution is 2.40. The number of carbonyl (C=O) groups excluding carboxylic acids is 1. The molecule has 2 aliphatic carbocycles. The van der Waals surface area contributed by atoms with Crippen molar-refractivity contribution in [1.82, 2.24) is 9.62 Å². The van der Waals surface area contributed by atoms with Crippen LogP contribution >= 0.6 is 0 Å². The van der Waals surface area contributed by atoms with Gasteiger partial charge in [0.25, 0.3) is 5.91 Å². The van der Waals surface area contributed by atoms with Crippen molar-refractivity contribution in [1.29, 1.82) is 0 Å². The Balaban J connectivity index is 1.43. The molecule has 1 aromatic rings. The molecular formula is C21H30N2O3S. The Bertz CT molecular complexity index is 786. The number of fused-ring (bicyclic) bond motifs is 1. The fraction of sp³-hybridized carbons (Fsp3) is 0.667. The van der Waals surface area contributed by atoms with E-state index in [2.05, 4.69) is 5.32 Å². The van der Waals surface area contributed by atoms with E-state index in [0.29, 0.717) is 18.7 Å². The van der Waals surface area contributed by atoms with Crippen molar-refractivity contribution < 1.29 is 13.2 Å². The molecule has 3 atom stereocenters. The smallest absolute Gasteiger partial charge is 0.251 e. The van der Waals surface area contributed by atoms with Crippen LogP contribution in [0.3, 0.4) is 0 Å². The van der Waals surface area contributed by atoms with Crippen LogP contribution in [0.15, 0.2) is 29.2 Å². The first kappa shape index (κ1) is 18.9. The Hall–Kier alpha value is -1.40. The van der Waals surface area contributed by atoms with Gasteiger partial charge in [-0.05, 0) is 62.1 Å². The zero-order valence-electron chi connectivity index (χ0n) is 15.9. The summed E-state index contributed by atoms with van der Waals surface area (Å²) in [7, 11) is -3.49. The van der Waals surface area contributed by atoms with Gasteiger partial charge in [-0.2, -0.15) is 4.31 Å². The predicted molar refractivity (Wildman–Crippen MR) is 105 cm³/mol. The molecule has 1 aliphatic heterocycles. The lowest BCUT2D eigenvalue weighted by atomic mass is 9.69. The number of benzene rings is 1. The van der Waals surface area contributed by atoms with Crippen molar-refractivity contribution >= 4 is 15.9 Å². The summed E-state index contributed by atoms with van der Waals surface area (Å²) in [5.74, 6) is 1.45. The lowest BCUT2D eigenvalue weighted by Crippen LogP contribution is -2.41. The van der Waals surface area contributed by atoms with E-state index < -0.39 is 10.0 Å². The van der Waals surface area contributed by atoms with Crippen molar-refractivity contribution in [3.05, 3.63) is 29.8 Å². The van der Waals surface area contributed by atoms with Gasteiger partial charge in [0.15, 0.2) is 0 Å². The molecule has 0 aromatic heterocycles. The first-order valence-corrected chi connectivity index (χ1v) is 11.9. The monoisotopic (exact) mass is 390 g/mol. The molecule has 0 bridgehead atoms. The van der Waals surface area contributed by atoms with Gasteiger partial charge in [0.05, 0.1) is 4.90 Å². The molecule has 2 saturated carbocycles. The Labute approximate surface area is 162 Å². The number of rotatable bonds is 4. The third kappa shape index (κ3) is 4.06. The van der Waals surface area contributed by atoms with Gasteiger partial charge in [-0.3, -0.25) is 4.79 Å². The number of nitrogens with one attached hydrogen (secondary N) is 1. The van der Waals surface area contributed by atoms with Crippen LogP contribution in [0.4, 0.5) is 0 Å². The fourth-order valence-corrected chi connectivity index (χ4v) is 6.71. The highest BCUT2D eigenvalue weighted by atomic mass is 32.2. The van der Waals surface area contributed by atoms with Gasteiger partial charge in [-0.15, -0.1) is 0 Å². The lowest BCUT2D eigenvalue weighted by Gasteiger charge is -2.39. The summed E-state index contributed by atoms with van der Waals surface area (Å²) in [6.07, 6.45) is 10.4. The summed E-state index contributed by atoms with van der Waals surface area (Å²) in [5.41, 5.74) is 0.445. The summed E-state index contributed by atoms with van der Waals surface area (Å²) >= 11 is 0. The average Bonchev–Trinajstić information content (AvgIpc) is 3.24. The second kappa shape index (κ2) is 7.92. The topological polar surface area (TPSA) is 66.5 Å². The van der Waals surface area contributed by atoms with E-state index in [1.165, 1.54) is 42.5 Å². The minimum absolute atomic E-state index is 0.146. The molecule has 6 heteroatoms. The van der Waals surface area contributed by atoms with Crippen LogP contribution in [-0.4, -0.2) is 37.8 Å². The van der Waals surface area contributed by atoms with Gasteiger partial charge in [0, 0.05) is 24.7 Å². The average molecular weight is 391 g/mol. The maximum absolute atomic E-state index is 12.8. The van der Waals surface area contributed by atoms with E-state index in [9.17, 15) is 13.2 Å². The molecular weight excluding hydrogens is 360 g/mol. The van der Waals surface area contributed by atoms with Crippen LogP contribution in [0.1, 0.15) is 68.1 Å². The molecule has 0 radical (unpaired) electrons. The van der Waals surface area contributed by atoms with Gasteiger partial charge >= 0.3 is 0 Å². The summed E-state index contributed by atoms with van der Waals surface area (Å²) in [5, 5.41) is 3.17. The molecule has 1 aromatic carbocycles. The molecule has 1 N–H and O–H groups in total. The second-order valence-corrected chi connectivity index (χ2v) is 10.4. The SMILES string of the molecule is O=C(N[C@@H]1CC[C@H]2CCCC[C@@H]2C1)c1cccc(S(=O)(=O)N2CCCC2)c1. The summed E-state index contributed by atoms with van der Waals surface area (Å²) in [6, 6.07) is 6.74. The standard InChI is InChI=1S/C21H30N2O3S/c24-21(22-19-11-10-16-6-1-2-7-17(16)14-19)18-8-5-9-20(15-18)27(25,26)23-12-3-4-13-23/h5,8-9,15-17,19H,1-4,6-7,10-14H2,(H,22,24)/t16-,17-,19-/m1/s1. The van der Waals surface area contributed by atoms with Crippen molar-refractivity contribution in [3.8, 4) is 0 Å². The van der Waals surface area contributed by atoms with E-state index in [1.54, 1.807) is 18.2 Å².